The van der Waals surface area contributed by atoms with Gasteiger partial charge in [0, 0.05) is 36.3 Å². The SMILES string of the molecule is COc1ccc2nc(CNCCNC(=O)c3ccccc3SCc3cc(C)on3)sc2c1. The van der Waals surface area contributed by atoms with Crippen molar-refractivity contribution in [1.82, 2.24) is 20.8 Å². The van der Waals surface area contributed by atoms with Crippen molar-refractivity contribution in [3.05, 3.63) is 70.6 Å². The number of amides is 1. The largest absolute Gasteiger partial charge is 0.497 e. The van der Waals surface area contributed by atoms with Crippen molar-refractivity contribution in [3.63, 3.8) is 0 Å². The third-order valence-electron chi connectivity index (χ3n) is 4.69. The van der Waals surface area contributed by atoms with E-state index in [1.807, 2.05) is 55.5 Å². The van der Waals surface area contributed by atoms with Gasteiger partial charge < -0.3 is 19.9 Å². The monoisotopic (exact) mass is 468 g/mol. The van der Waals surface area contributed by atoms with Crippen LogP contribution >= 0.6 is 23.1 Å². The van der Waals surface area contributed by atoms with Gasteiger partial charge >= 0.3 is 0 Å². The molecule has 9 heteroatoms. The lowest BCUT2D eigenvalue weighted by molar-refractivity contribution is 0.0951. The highest BCUT2D eigenvalue weighted by atomic mass is 32.2. The summed E-state index contributed by atoms with van der Waals surface area (Å²) in [6, 6.07) is 15.4. The van der Waals surface area contributed by atoms with Gasteiger partial charge in [0.2, 0.25) is 0 Å². The lowest BCUT2D eigenvalue weighted by Crippen LogP contribution is -2.31. The van der Waals surface area contributed by atoms with E-state index in [9.17, 15) is 4.79 Å². The molecule has 166 valence electrons. The quantitative estimate of drug-likeness (QED) is 0.263. The maximum Gasteiger partial charge on any atom is 0.252 e. The van der Waals surface area contributed by atoms with E-state index in [4.69, 9.17) is 9.26 Å². The van der Waals surface area contributed by atoms with Gasteiger partial charge in [0.1, 0.15) is 16.5 Å². The third kappa shape index (κ3) is 5.67. The number of methoxy groups -OCH3 is 1. The molecular weight excluding hydrogens is 444 g/mol. The molecule has 0 fully saturated rings. The molecule has 4 rings (SSSR count). The van der Waals surface area contributed by atoms with Gasteiger partial charge in [-0.05, 0) is 37.3 Å². The molecule has 32 heavy (non-hydrogen) atoms. The van der Waals surface area contributed by atoms with Crippen molar-refractivity contribution >= 4 is 39.2 Å². The molecule has 1 amide bonds. The second kappa shape index (κ2) is 10.6. The molecule has 0 radical (unpaired) electrons. The molecule has 2 heterocycles. The summed E-state index contributed by atoms with van der Waals surface area (Å²) in [4.78, 5) is 18.2. The van der Waals surface area contributed by atoms with E-state index in [1.165, 1.54) is 0 Å². The molecule has 0 aliphatic carbocycles. The summed E-state index contributed by atoms with van der Waals surface area (Å²) in [7, 11) is 1.66. The molecule has 0 bridgehead atoms. The number of thiazole rings is 1. The first kappa shape index (κ1) is 22.3. The minimum Gasteiger partial charge on any atom is -0.497 e. The lowest BCUT2D eigenvalue weighted by Gasteiger charge is -2.09. The molecule has 0 unspecified atom stereocenters. The van der Waals surface area contributed by atoms with Crippen LogP contribution in [0, 0.1) is 6.92 Å². The summed E-state index contributed by atoms with van der Waals surface area (Å²) < 4.78 is 11.5. The molecule has 0 saturated heterocycles. The topological polar surface area (TPSA) is 89.3 Å². The average Bonchev–Trinajstić information content (AvgIpc) is 3.42. The van der Waals surface area contributed by atoms with Crippen molar-refractivity contribution in [1.29, 1.82) is 0 Å². The molecule has 0 atom stereocenters. The Hall–Kier alpha value is -2.88. The van der Waals surface area contributed by atoms with E-state index in [2.05, 4.69) is 20.8 Å². The summed E-state index contributed by atoms with van der Waals surface area (Å²) >= 11 is 3.21. The van der Waals surface area contributed by atoms with Gasteiger partial charge in [0.15, 0.2) is 0 Å². The molecule has 2 N–H and O–H groups in total. The van der Waals surface area contributed by atoms with Gasteiger partial charge in [0.05, 0.1) is 28.6 Å². The Bertz CT molecular complexity index is 1200. The van der Waals surface area contributed by atoms with E-state index in [-0.39, 0.29) is 5.91 Å². The number of nitrogens with zero attached hydrogens (tertiary/aromatic N) is 2. The predicted molar refractivity (Wildman–Crippen MR) is 127 cm³/mol. The summed E-state index contributed by atoms with van der Waals surface area (Å²) in [5.41, 5.74) is 2.49. The Labute approximate surface area is 194 Å². The predicted octanol–water partition coefficient (Wildman–Crippen LogP) is 4.41. The second-order valence-electron chi connectivity index (χ2n) is 7.09. The number of hydrogen-bond acceptors (Lipinski definition) is 8. The van der Waals surface area contributed by atoms with E-state index >= 15 is 0 Å². The third-order valence-corrected chi connectivity index (χ3v) is 6.81. The number of rotatable bonds is 10. The van der Waals surface area contributed by atoms with E-state index in [1.54, 1.807) is 30.2 Å². The first-order valence-electron chi connectivity index (χ1n) is 10.2. The molecule has 0 spiro atoms. The highest BCUT2D eigenvalue weighted by Gasteiger charge is 2.12. The number of hydrogen-bond donors (Lipinski definition) is 2. The molecule has 0 saturated carbocycles. The minimum atomic E-state index is -0.0849. The average molecular weight is 469 g/mol. The maximum atomic E-state index is 12.7. The zero-order valence-electron chi connectivity index (χ0n) is 17.9. The summed E-state index contributed by atoms with van der Waals surface area (Å²) in [5, 5.41) is 11.3. The summed E-state index contributed by atoms with van der Waals surface area (Å²) in [6.45, 7) is 3.70. The number of benzene rings is 2. The number of aryl methyl sites for hydroxylation is 1. The first-order chi connectivity index (χ1) is 15.6. The zero-order chi connectivity index (χ0) is 22.3. The van der Waals surface area contributed by atoms with Gasteiger partial charge in [-0.3, -0.25) is 4.79 Å². The number of carbonyl (C=O) groups is 1. The highest BCUT2D eigenvalue weighted by molar-refractivity contribution is 7.98. The van der Waals surface area contributed by atoms with Crippen LogP contribution in [0.2, 0.25) is 0 Å². The Morgan fingerprint density at radius 3 is 2.88 bits per heavy atom. The van der Waals surface area contributed by atoms with Crippen molar-refractivity contribution in [3.8, 4) is 5.75 Å². The molecule has 2 aromatic heterocycles. The number of aromatic nitrogens is 2. The Kier molecular flexibility index (Phi) is 7.41. The fourth-order valence-corrected chi connectivity index (χ4v) is 5.02. The van der Waals surface area contributed by atoms with Gasteiger partial charge in [0.25, 0.3) is 5.91 Å². The fourth-order valence-electron chi connectivity index (χ4n) is 3.13. The number of fused-ring (bicyclic) bond motifs is 1. The van der Waals surface area contributed by atoms with E-state index < -0.39 is 0 Å². The van der Waals surface area contributed by atoms with Crippen molar-refractivity contribution in [2.75, 3.05) is 20.2 Å². The standard InChI is InChI=1S/C23H24N4O3S2/c1-15-11-16(27-30-15)14-31-20-6-4-3-5-18(20)23(28)25-10-9-24-13-22-26-19-8-7-17(29-2)12-21(19)32-22/h3-8,11-12,24H,9-10,13-14H2,1-2H3,(H,25,28). The Morgan fingerprint density at radius 2 is 2.06 bits per heavy atom. The fraction of sp³-hybridized carbons (Fsp3) is 0.261. The van der Waals surface area contributed by atoms with E-state index in [0.29, 0.717) is 31.0 Å². The van der Waals surface area contributed by atoms with Crippen LogP contribution in [0.4, 0.5) is 0 Å². The van der Waals surface area contributed by atoms with Crippen LogP contribution in [-0.2, 0) is 12.3 Å². The Balaban J connectivity index is 1.24. The molecule has 0 aliphatic heterocycles. The molecule has 2 aromatic carbocycles. The molecular formula is C23H24N4O3S2. The maximum absolute atomic E-state index is 12.7. The first-order valence-corrected chi connectivity index (χ1v) is 12.0. The Morgan fingerprint density at radius 1 is 1.19 bits per heavy atom. The summed E-state index contributed by atoms with van der Waals surface area (Å²) in [5.74, 6) is 2.18. The van der Waals surface area contributed by atoms with Gasteiger partial charge in [-0.2, -0.15) is 0 Å². The van der Waals surface area contributed by atoms with E-state index in [0.717, 1.165) is 37.3 Å². The van der Waals surface area contributed by atoms with Crippen LogP contribution in [0.3, 0.4) is 0 Å². The lowest BCUT2D eigenvalue weighted by atomic mass is 10.2. The number of thioether (sulfide) groups is 1. The van der Waals surface area contributed by atoms with Gasteiger partial charge in [-0.1, -0.05) is 17.3 Å². The molecule has 7 nitrogen and oxygen atoms in total. The number of carbonyl (C=O) groups excluding carboxylic acids is 1. The van der Waals surface area contributed by atoms with Gasteiger partial charge in [-0.25, -0.2) is 4.98 Å². The van der Waals surface area contributed by atoms with Crippen molar-refractivity contribution in [2.24, 2.45) is 0 Å². The van der Waals surface area contributed by atoms with Crippen molar-refractivity contribution < 1.29 is 14.1 Å². The second-order valence-corrected chi connectivity index (χ2v) is 9.22. The van der Waals surface area contributed by atoms with Crippen LogP contribution in [0.15, 0.2) is 57.9 Å². The zero-order valence-corrected chi connectivity index (χ0v) is 19.5. The van der Waals surface area contributed by atoms with Gasteiger partial charge in [-0.15, -0.1) is 23.1 Å². The number of ether oxygens (including phenoxy) is 1. The number of nitrogens with one attached hydrogen (secondary N) is 2. The molecule has 0 aliphatic rings. The van der Waals surface area contributed by atoms with Crippen molar-refractivity contribution in [2.45, 2.75) is 24.1 Å². The van der Waals surface area contributed by atoms with Crippen LogP contribution in [0.25, 0.3) is 10.2 Å². The highest BCUT2D eigenvalue weighted by Crippen LogP contribution is 2.27. The smallest absolute Gasteiger partial charge is 0.252 e. The van der Waals surface area contributed by atoms with Crippen LogP contribution in [-0.4, -0.2) is 36.2 Å². The minimum absolute atomic E-state index is 0.0849. The summed E-state index contributed by atoms with van der Waals surface area (Å²) in [6.07, 6.45) is 0. The van der Waals surface area contributed by atoms with Crippen LogP contribution in [0.5, 0.6) is 5.75 Å². The van der Waals surface area contributed by atoms with Crippen LogP contribution < -0.4 is 15.4 Å². The normalized spacial score (nSPS) is 11.1. The van der Waals surface area contributed by atoms with Crippen LogP contribution in [0.1, 0.15) is 26.8 Å². The molecule has 4 aromatic rings.